The molecule has 0 aromatic carbocycles. The molecule has 2 N–H and O–H groups in total. The highest BCUT2D eigenvalue weighted by molar-refractivity contribution is 6.28. The van der Waals surface area contributed by atoms with Crippen molar-refractivity contribution in [1.29, 1.82) is 0 Å². The first-order valence-corrected chi connectivity index (χ1v) is 5.39. The standard InChI is InChI=1S/C9H13ClN4O3/c1-5(3-4-15)11-8-7(14(16)17)6(2)12-9(10)13-8/h5,15H,3-4H2,1-2H3,(H,11,12,13). The number of rotatable bonds is 5. The van der Waals surface area contributed by atoms with Gasteiger partial charge in [0.2, 0.25) is 11.1 Å². The maximum absolute atomic E-state index is 10.9. The van der Waals surface area contributed by atoms with Crippen molar-refractivity contribution in [2.24, 2.45) is 0 Å². The lowest BCUT2D eigenvalue weighted by molar-refractivity contribution is -0.385. The molecule has 0 bridgehead atoms. The average Bonchev–Trinajstić information content (AvgIpc) is 2.15. The predicted molar refractivity (Wildman–Crippen MR) is 63.2 cm³/mol. The van der Waals surface area contributed by atoms with Crippen LogP contribution in [0.2, 0.25) is 5.28 Å². The molecule has 0 aliphatic rings. The molecule has 1 unspecified atom stereocenters. The van der Waals surface area contributed by atoms with Crippen molar-refractivity contribution in [3.63, 3.8) is 0 Å². The highest BCUT2D eigenvalue weighted by atomic mass is 35.5. The fourth-order valence-electron chi connectivity index (χ4n) is 1.35. The van der Waals surface area contributed by atoms with Gasteiger partial charge in [0.1, 0.15) is 5.69 Å². The summed E-state index contributed by atoms with van der Waals surface area (Å²) in [5.41, 5.74) is 0.00730. The van der Waals surface area contributed by atoms with Crippen molar-refractivity contribution < 1.29 is 10.0 Å². The molecule has 0 saturated heterocycles. The van der Waals surface area contributed by atoms with Gasteiger partial charge in [0.05, 0.1) is 4.92 Å². The molecule has 1 aromatic heterocycles. The van der Waals surface area contributed by atoms with Gasteiger partial charge in [0, 0.05) is 12.6 Å². The fourth-order valence-corrected chi connectivity index (χ4v) is 1.56. The van der Waals surface area contributed by atoms with Crippen LogP contribution in [0.5, 0.6) is 0 Å². The summed E-state index contributed by atoms with van der Waals surface area (Å²) in [6, 6.07) is -0.149. The smallest absolute Gasteiger partial charge is 0.332 e. The Bertz CT molecular complexity index is 427. The van der Waals surface area contributed by atoms with Crippen molar-refractivity contribution in [3.8, 4) is 0 Å². The summed E-state index contributed by atoms with van der Waals surface area (Å²) in [4.78, 5) is 17.9. The van der Waals surface area contributed by atoms with Crippen LogP contribution in [0.3, 0.4) is 0 Å². The molecule has 7 nitrogen and oxygen atoms in total. The number of anilines is 1. The van der Waals surface area contributed by atoms with E-state index in [9.17, 15) is 10.1 Å². The topological polar surface area (TPSA) is 101 Å². The van der Waals surface area contributed by atoms with Crippen molar-refractivity contribution in [3.05, 3.63) is 21.1 Å². The minimum Gasteiger partial charge on any atom is -0.396 e. The predicted octanol–water partition coefficient (Wildman–Crippen LogP) is 1.53. The maximum Gasteiger partial charge on any atom is 0.332 e. The van der Waals surface area contributed by atoms with Gasteiger partial charge in [0.25, 0.3) is 0 Å². The second kappa shape index (κ2) is 5.74. The van der Waals surface area contributed by atoms with Crippen LogP contribution in [0, 0.1) is 17.0 Å². The van der Waals surface area contributed by atoms with Gasteiger partial charge in [-0.3, -0.25) is 10.1 Å². The molecule has 0 aliphatic carbocycles. The molecule has 1 heterocycles. The number of nitro groups is 1. The zero-order valence-electron chi connectivity index (χ0n) is 9.47. The van der Waals surface area contributed by atoms with E-state index in [2.05, 4.69) is 15.3 Å². The Morgan fingerprint density at radius 3 is 2.76 bits per heavy atom. The van der Waals surface area contributed by atoms with Gasteiger partial charge in [-0.25, -0.2) is 4.98 Å². The van der Waals surface area contributed by atoms with Gasteiger partial charge < -0.3 is 10.4 Å². The zero-order valence-corrected chi connectivity index (χ0v) is 10.2. The van der Waals surface area contributed by atoms with E-state index < -0.39 is 4.92 Å². The van der Waals surface area contributed by atoms with Crippen molar-refractivity contribution in [1.82, 2.24) is 9.97 Å². The van der Waals surface area contributed by atoms with E-state index in [1.54, 1.807) is 6.92 Å². The van der Waals surface area contributed by atoms with E-state index in [0.717, 1.165) is 0 Å². The molecule has 1 aromatic rings. The largest absolute Gasteiger partial charge is 0.396 e. The number of hydrogen-bond donors (Lipinski definition) is 2. The summed E-state index contributed by atoms with van der Waals surface area (Å²) in [6.07, 6.45) is 0.456. The maximum atomic E-state index is 10.9. The van der Waals surface area contributed by atoms with E-state index in [1.165, 1.54) is 6.92 Å². The Morgan fingerprint density at radius 2 is 2.24 bits per heavy atom. The molecule has 0 fully saturated rings. The van der Waals surface area contributed by atoms with Gasteiger partial charge >= 0.3 is 5.69 Å². The summed E-state index contributed by atoms with van der Waals surface area (Å²) < 4.78 is 0. The fraction of sp³-hybridized carbons (Fsp3) is 0.556. The third-order valence-electron chi connectivity index (χ3n) is 2.16. The summed E-state index contributed by atoms with van der Waals surface area (Å²) in [5.74, 6) is 0.0773. The second-order valence-corrected chi connectivity index (χ2v) is 3.93. The van der Waals surface area contributed by atoms with E-state index in [1.807, 2.05) is 0 Å². The minimum atomic E-state index is -0.556. The minimum absolute atomic E-state index is 0.0141. The van der Waals surface area contributed by atoms with Crippen LogP contribution in [-0.4, -0.2) is 32.6 Å². The lowest BCUT2D eigenvalue weighted by atomic mass is 10.2. The number of nitrogens with one attached hydrogen (secondary N) is 1. The van der Waals surface area contributed by atoms with E-state index in [-0.39, 0.29) is 35.1 Å². The van der Waals surface area contributed by atoms with Crippen LogP contribution in [0.1, 0.15) is 19.0 Å². The Labute approximate surface area is 103 Å². The number of aliphatic hydroxyl groups is 1. The van der Waals surface area contributed by atoms with Crippen LogP contribution in [-0.2, 0) is 0 Å². The quantitative estimate of drug-likeness (QED) is 0.473. The first-order valence-electron chi connectivity index (χ1n) is 5.01. The molecule has 0 radical (unpaired) electrons. The highest BCUT2D eigenvalue weighted by Gasteiger charge is 2.22. The normalized spacial score (nSPS) is 12.2. The average molecular weight is 261 g/mol. The molecule has 17 heavy (non-hydrogen) atoms. The third-order valence-corrected chi connectivity index (χ3v) is 2.33. The monoisotopic (exact) mass is 260 g/mol. The van der Waals surface area contributed by atoms with E-state index in [4.69, 9.17) is 16.7 Å². The number of halogens is 1. The van der Waals surface area contributed by atoms with Gasteiger partial charge in [-0.1, -0.05) is 0 Å². The number of aliphatic hydroxyl groups excluding tert-OH is 1. The first-order chi connectivity index (χ1) is 7.95. The Balaban J connectivity index is 3.08. The number of aryl methyl sites for hydroxylation is 1. The summed E-state index contributed by atoms with van der Waals surface area (Å²) in [7, 11) is 0. The van der Waals surface area contributed by atoms with Crippen LogP contribution in [0.15, 0.2) is 0 Å². The van der Waals surface area contributed by atoms with Crippen molar-refractivity contribution >= 4 is 23.1 Å². The molecular formula is C9H13ClN4O3. The molecular weight excluding hydrogens is 248 g/mol. The van der Waals surface area contributed by atoms with Crippen LogP contribution in [0.25, 0.3) is 0 Å². The third kappa shape index (κ3) is 3.50. The second-order valence-electron chi connectivity index (χ2n) is 3.59. The summed E-state index contributed by atoms with van der Waals surface area (Å²) in [5, 5.41) is 22.4. The zero-order chi connectivity index (χ0) is 13.0. The number of hydrogen-bond acceptors (Lipinski definition) is 6. The van der Waals surface area contributed by atoms with Crippen molar-refractivity contribution in [2.45, 2.75) is 26.3 Å². The van der Waals surface area contributed by atoms with Gasteiger partial charge in [-0.2, -0.15) is 4.98 Å². The van der Waals surface area contributed by atoms with E-state index in [0.29, 0.717) is 6.42 Å². The first kappa shape index (κ1) is 13.6. The van der Waals surface area contributed by atoms with Gasteiger partial charge in [-0.15, -0.1) is 0 Å². The molecule has 8 heteroatoms. The van der Waals surface area contributed by atoms with Crippen LogP contribution >= 0.6 is 11.6 Å². The van der Waals surface area contributed by atoms with Gasteiger partial charge in [0.15, 0.2) is 0 Å². The lowest BCUT2D eigenvalue weighted by Crippen LogP contribution is -2.19. The molecule has 1 atom stereocenters. The lowest BCUT2D eigenvalue weighted by Gasteiger charge is -2.13. The molecule has 94 valence electrons. The number of aromatic nitrogens is 2. The van der Waals surface area contributed by atoms with E-state index >= 15 is 0 Å². The molecule has 0 saturated carbocycles. The summed E-state index contributed by atoms with van der Waals surface area (Å²) >= 11 is 5.65. The molecule has 0 spiro atoms. The Morgan fingerprint density at radius 1 is 1.59 bits per heavy atom. The Hall–Kier alpha value is -1.47. The van der Waals surface area contributed by atoms with Gasteiger partial charge in [-0.05, 0) is 31.9 Å². The van der Waals surface area contributed by atoms with Crippen LogP contribution < -0.4 is 5.32 Å². The summed E-state index contributed by atoms with van der Waals surface area (Å²) in [6.45, 7) is 3.26. The highest BCUT2D eigenvalue weighted by Crippen LogP contribution is 2.27. The molecule has 1 rings (SSSR count). The molecule has 0 aliphatic heterocycles. The van der Waals surface area contributed by atoms with Crippen molar-refractivity contribution in [2.75, 3.05) is 11.9 Å². The Kier molecular flexibility index (Phi) is 4.59. The van der Waals surface area contributed by atoms with Crippen LogP contribution in [0.4, 0.5) is 11.5 Å². The SMILES string of the molecule is Cc1nc(Cl)nc(NC(C)CCO)c1[N+](=O)[O-]. The number of nitrogens with zero attached hydrogens (tertiary/aromatic N) is 3. The molecule has 0 amide bonds.